The molecule has 0 radical (unpaired) electrons. The molecular formula is C12H22S. The highest BCUT2D eigenvalue weighted by atomic mass is 32.1. The molecule has 0 aliphatic carbocycles. The molecular weight excluding hydrogens is 176 g/mol. The van der Waals surface area contributed by atoms with Gasteiger partial charge in [-0.3, -0.25) is 0 Å². The van der Waals surface area contributed by atoms with Crippen molar-refractivity contribution in [2.75, 3.05) is 0 Å². The van der Waals surface area contributed by atoms with Gasteiger partial charge in [0.25, 0.3) is 0 Å². The second-order valence-electron chi connectivity index (χ2n) is 3.77. The summed E-state index contributed by atoms with van der Waals surface area (Å²) < 4.78 is 0. The molecule has 0 heterocycles. The van der Waals surface area contributed by atoms with Crippen molar-refractivity contribution >= 4 is 12.6 Å². The van der Waals surface area contributed by atoms with Gasteiger partial charge in [0.05, 0.1) is 0 Å². The normalized spacial score (nSPS) is 15.7. The van der Waals surface area contributed by atoms with Crippen LogP contribution in [-0.2, 0) is 0 Å². The van der Waals surface area contributed by atoms with E-state index in [4.69, 9.17) is 0 Å². The molecule has 0 aliphatic rings. The summed E-state index contributed by atoms with van der Waals surface area (Å²) in [6, 6.07) is 0. The van der Waals surface area contributed by atoms with Crippen LogP contribution in [0, 0.1) is 5.92 Å². The van der Waals surface area contributed by atoms with Crippen LogP contribution in [0.15, 0.2) is 23.8 Å². The maximum absolute atomic E-state index is 4.29. The fourth-order valence-electron chi connectivity index (χ4n) is 1.19. The molecule has 0 aliphatic heterocycles. The average Bonchev–Trinajstić information content (AvgIpc) is 2.02. The summed E-state index contributed by atoms with van der Waals surface area (Å²) in [6.07, 6.45) is 8.92. The molecule has 0 spiro atoms. The Morgan fingerprint density at radius 2 is 1.92 bits per heavy atom. The highest BCUT2D eigenvalue weighted by Gasteiger charge is 1.99. The summed E-state index contributed by atoms with van der Waals surface area (Å²) in [7, 11) is 0. The summed E-state index contributed by atoms with van der Waals surface area (Å²) >= 11 is 4.29. The first kappa shape index (κ1) is 12.8. The molecule has 0 aromatic heterocycles. The monoisotopic (exact) mass is 198 g/mol. The minimum absolute atomic E-state index is 0.353. The third kappa shape index (κ3) is 6.94. The number of rotatable bonds is 5. The predicted octanol–water partition coefficient (Wildman–Crippen LogP) is 4.24. The number of hydrogen-bond donors (Lipinski definition) is 1. The molecule has 0 amide bonds. The highest BCUT2D eigenvalue weighted by molar-refractivity contribution is 7.81. The van der Waals surface area contributed by atoms with Crippen molar-refractivity contribution < 1.29 is 0 Å². The Hall–Kier alpha value is -0.170. The van der Waals surface area contributed by atoms with E-state index in [1.807, 2.05) is 0 Å². The van der Waals surface area contributed by atoms with Gasteiger partial charge in [-0.1, -0.05) is 51.0 Å². The van der Waals surface area contributed by atoms with Crippen molar-refractivity contribution in [3.63, 3.8) is 0 Å². The van der Waals surface area contributed by atoms with E-state index in [1.54, 1.807) is 0 Å². The van der Waals surface area contributed by atoms with Crippen LogP contribution in [-0.4, -0.2) is 5.25 Å². The van der Waals surface area contributed by atoms with Crippen molar-refractivity contribution in [2.24, 2.45) is 5.92 Å². The number of hydrogen-bond acceptors (Lipinski definition) is 1. The second-order valence-corrected chi connectivity index (χ2v) is 4.59. The molecule has 1 atom stereocenters. The highest BCUT2D eigenvalue weighted by Crippen LogP contribution is 2.15. The first-order chi connectivity index (χ1) is 6.07. The van der Waals surface area contributed by atoms with Crippen molar-refractivity contribution in [1.82, 2.24) is 0 Å². The smallest absolute Gasteiger partial charge is 0.0171 e. The lowest BCUT2D eigenvalue weighted by atomic mass is 9.98. The van der Waals surface area contributed by atoms with Crippen LogP contribution in [0.25, 0.3) is 0 Å². The van der Waals surface area contributed by atoms with Crippen LogP contribution in [0.4, 0.5) is 0 Å². The van der Waals surface area contributed by atoms with E-state index in [9.17, 15) is 0 Å². The lowest BCUT2D eigenvalue weighted by molar-refractivity contribution is 0.702. The van der Waals surface area contributed by atoms with Gasteiger partial charge in [-0.25, -0.2) is 0 Å². The quantitative estimate of drug-likeness (QED) is 0.495. The van der Waals surface area contributed by atoms with E-state index in [0.29, 0.717) is 11.2 Å². The first-order valence-corrected chi connectivity index (χ1v) is 5.64. The van der Waals surface area contributed by atoms with E-state index in [2.05, 4.69) is 58.6 Å². The van der Waals surface area contributed by atoms with E-state index >= 15 is 0 Å². The lowest BCUT2D eigenvalue weighted by Crippen LogP contribution is -1.93. The van der Waals surface area contributed by atoms with Crippen LogP contribution in [0.2, 0.25) is 0 Å². The molecule has 0 fully saturated rings. The van der Waals surface area contributed by atoms with E-state index in [-0.39, 0.29) is 0 Å². The fraction of sp³-hybridized carbons (Fsp3) is 0.667. The molecule has 1 heteroatoms. The predicted molar refractivity (Wildman–Crippen MR) is 65.4 cm³/mol. The van der Waals surface area contributed by atoms with Gasteiger partial charge in [0.2, 0.25) is 0 Å². The van der Waals surface area contributed by atoms with E-state index < -0.39 is 0 Å². The Balaban J connectivity index is 4.19. The first-order valence-electron chi connectivity index (χ1n) is 5.13. The van der Waals surface area contributed by atoms with Gasteiger partial charge >= 0.3 is 0 Å². The van der Waals surface area contributed by atoms with E-state index in [1.165, 1.54) is 18.4 Å². The molecule has 0 rings (SSSR count). The van der Waals surface area contributed by atoms with Crippen LogP contribution in [0.3, 0.4) is 0 Å². The maximum Gasteiger partial charge on any atom is 0.0171 e. The van der Waals surface area contributed by atoms with Crippen LogP contribution >= 0.6 is 12.6 Å². The van der Waals surface area contributed by atoms with Gasteiger partial charge in [0.1, 0.15) is 0 Å². The van der Waals surface area contributed by atoms with Crippen molar-refractivity contribution in [2.45, 2.75) is 45.8 Å². The average molecular weight is 198 g/mol. The number of allylic oxidation sites excluding steroid dienone is 3. The van der Waals surface area contributed by atoms with Crippen LogP contribution < -0.4 is 0 Å². The Morgan fingerprint density at radius 3 is 2.31 bits per heavy atom. The van der Waals surface area contributed by atoms with Gasteiger partial charge < -0.3 is 0 Å². The summed E-state index contributed by atoms with van der Waals surface area (Å²) in [5, 5.41) is 0.353. The maximum atomic E-state index is 4.29. The van der Waals surface area contributed by atoms with Crippen molar-refractivity contribution in [3.8, 4) is 0 Å². The largest absolute Gasteiger partial charge is 0.172 e. The van der Waals surface area contributed by atoms with Gasteiger partial charge in [-0.05, 0) is 19.3 Å². The molecule has 1 unspecified atom stereocenters. The third-order valence-corrected chi connectivity index (χ3v) is 2.15. The molecule has 13 heavy (non-hydrogen) atoms. The SMILES string of the molecule is CCC/C(=C\C=C/C(C)S)C(C)C. The van der Waals surface area contributed by atoms with E-state index in [0.717, 1.165) is 0 Å². The standard InChI is InChI=1S/C12H22S/c1-5-7-12(10(2)3)9-6-8-11(4)13/h6,8-11,13H,5,7H2,1-4H3/b8-6-,12-9+. The van der Waals surface area contributed by atoms with Crippen LogP contribution in [0.1, 0.15) is 40.5 Å². The summed E-state index contributed by atoms with van der Waals surface area (Å²) in [5.74, 6) is 0.667. The Kier molecular flexibility index (Phi) is 7.16. The van der Waals surface area contributed by atoms with Crippen molar-refractivity contribution in [3.05, 3.63) is 23.8 Å². The Labute approximate surface area is 88.5 Å². The molecule has 0 saturated carbocycles. The fourth-order valence-corrected chi connectivity index (χ4v) is 1.29. The zero-order valence-electron chi connectivity index (χ0n) is 9.25. The second kappa shape index (κ2) is 7.25. The zero-order valence-corrected chi connectivity index (χ0v) is 10.1. The summed E-state index contributed by atoms with van der Waals surface area (Å²) in [6.45, 7) is 8.79. The molecule has 76 valence electrons. The zero-order chi connectivity index (χ0) is 10.3. The number of thiol groups is 1. The lowest BCUT2D eigenvalue weighted by Gasteiger charge is -2.08. The molecule has 0 N–H and O–H groups in total. The topological polar surface area (TPSA) is 0 Å². The Morgan fingerprint density at radius 1 is 1.31 bits per heavy atom. The Bertz CT molecular complexity index is 176. The third-order valence-electron chi connectivity index (χ3n) is 1.98. The van der Waals surface area contributed by atoms with Crippen molar-refractivity contribution in [1.29, 1.82) is 0 Å². The molecule has 0 saturated heterocycles. The molecule has 0 nitrogen and oxygen atoms in total. The van der Waals surface area contributed by atoms with Gasteiger partial charge in [-0.15, -0.1) is 0 Å². The summed E-state index contributed by atoms with van der Waals surface area (Å²) in [5.41, 5.74) is 1.53. The minimum Gasteiger partial charge on any atom is -0.172 e. The summed E-state index contributed by atoms with van der Waals surface area (Å²) in [4.78, 5) is 0. The molecule has 0 aromatic carbocycles. The van der Waals surface area contributed by atoms with Gasteiger partial charge in [0.15, 0.2) is 0 Å². The minimum atomic E-state index is 0.353. The molecule has 0 aromatic rings. The van der Waals surface area contributed by atoms with Gasteiger partial charge in [0, 0.05) is 5.25 Å². The van der Waals surface area contributed by atoms with Gasteiger partial charge in [-0.2, -0.15) is 12.6 Å². The molecule has 0 bridgehead atoms. The van der Waals surface area contributed by atoms with Crippen LogP contribution in [0.5, 0.6) is 0 Å².